The lowest BCUT2D eigenvalue weighted by Crippen LogP contribution is -2.30. The van der Waals surface area contributed by atoms with Gasteiger partial charge in [-0.1, -0.05) is 38.1 Å². The summed E-state index contributed by atoms with van der Waals surface area (Å²) in [4.78, 5) is 0. The molecule has 0 radical (unpaired) electrons. The standard InChI is InChI=1S/C17H29NO3/c1-14(2)5-4-8-21-13-17(20)11-18-10-15-6-3-7-16(9-15)12-19/h3,6-7,9,14,17-20H,4-5,8,10-13H2,1-2H3. The van der Waals surface area contributed by atoms with Gasteiger partial charge in [-0.05, 0) is 29.9 Å². The van der Waals surface area contributed by atoms with Gasteiger partial charge in [0.1, 0.15) is 0 Å². The lowest BCUT2D eigenvalue weighted by molar-refractivity contribution is 0.0346. The maximum Gasteiger partial charge on any atom is 0.0897 e. The Bertz CT molecular complexity index is 382. The van der Waals surface area contributed by atoms with Gasteiger partial charge < -0.3 is 20.3 Å². The average Bonchev–Trinajstić information content (AvgIpc) is 2.47. The Morgan fingerprint density at radius 2 is 2.00 bits per heavy atom. The molecule has 0 aliphatic rings. The molecular weight excluding hydrogens is 266 g/mol. The van der Waals surface area contributed by atoms with E-state index in [1.165, 1.54) is 0 Å². The fourth-order valence-electron chi connectivity index (χ4n) is 2.09. The van der Waals surface area contributed by atoms with E-state index < -0.39 is 6.10 Å². The van der Waals surface area contributed by atoms with Crippen molar-refractivity contribution < 1.29 is 14.9 Å². The van der Waals surface area contributed by atoms with Crippen LogP contribution >= 0.6 is 0 Å². The Labute approximate surface area is 128 Å². The van der Waals surface area contributed by atoms with Crippen LogP contribution in [-0.4, -0.2) is 36.1 Å². The van der Waals surface area contributed by atoms with Gasteiger partial charge in [0.25, 0.3) is 0 Å². The number of hydrogen-bond acceptors (Lipinski definition) is 4. The van der Waals surface area contributed by atoms with E-state index in [-0.39, 0.29) is 6.61 Å². The second-order valence-electron chi connectivity index (χ2n) is 5.87. The molecule has 0 aliphatic heterocycles. The van der Waals surface area contributed by atoms with Crippen LogP contribution in [0.4, 0.5) is 0 Å². The van der Waals surface area contributed by atoms with Crippen molar-refractivity contribution in [3.8, 4) is 0 Å². The molecule has 21 heavy (non-hydrogen) atoms. The van der Waals surface area contributed by atoms with Gasteiger partial charge in [0.2, 0.25) is 0 Å². The van der Waals surface area contributed by atoms with Crippen molar-refractivity contribution in [2.24, 2.45) is 5.92 Å². The lowest BCUT2D eigenvalue weighted by Gasteiger charge is -2.13. The van der Waals surface area contributed by atoms with Gasteiger partial charge in [0.05, 0.1) is 19.3 Å². The molecule has 4 nitrogen and oxygen atoms in total. The molecule has 0 bridgehead atoms. The molecule has 0 fully saturated rings. The van der Waals surface area contributed by atoms with Crippen LogP contribution in [0.2, 0.25) is 0 Å². The Morgan fingerprint density at radius 3 is 2.71 bits per heavy atom. The minimum absolute atomic E-state index is 0.0562. The summed E-state index contributed by atoms with van der Waals surface area (Å²) < 4.78 is 5.46. The van der Waals surface area contributed by atoms with Gasteiger partial charge in [-0.15, -0.1) is 0 Å². The van der Waals surface area contributed by atoms with Crippen LogP contribution in [-0.2, 0) is 17.9 Å². The van der Waals surface area contributed by atoms with Gasteiger partial charge in [0.15, 0.2) is 0 Å². The van der Waals surface area contributed by atoms with Crippen LogP contribution in [0.15, 0.2) is 24.3 Å². The number of aliphatic hydroxyl groups is 2. The first-order chi connectivity index (χ1) is 10.1. The van der Waals surface area contributed by atoms with E-state index in [0.29, 0.717) is 32.2 Å². The summed E-state index contributed by atoms with van der Waals surface area (Å²) in [6.07, 6.45) is 1.73. The minimum Gasteiger partial charge on any atom is -0.392 e. The third-order valence-electron chi connectivity index (χ3n) is 3.26. The molecule has 1 atom stereocenters. The molecule has 120 valence electrons. The first-order valence-corrected chi connectivity index (χ1v) is 7.77. The van der Waals surface area contributed by atoms with E-state index in [1.807, 2.05) is 24.3 Å². The lowest BCUT2D eigenvalue weighted by atomic mass is 10.1. The maximum atomic E-state index is 9.81. The molecule has 0 heterocycles. The molecule has 0 saturated heterocycles. The summed E-state index contributed by atoms with van der Waals surface area (Å²) in [5.41, 5.74) is 2.01. The van der Waals surface area contributed by atoms with E-state index >= 15 is 0 Å². The molecule has 4 heteroatoms. The van der Waals surface area contributed by atoms with Gasteiger partial charge in [-0.2, -0.15) is 0 Å². The molecule has 0 aliphatic carbocycles. The highest BCUT2D eigenvalue weighted by Gasteiger charge is 2.04. The van der Waals surface area contributed by atoms with E-state index in [0.717, 1.165) is 24.0 Å². The molecule has 1 aromatic carbocycles. The third-order valence-corrected chi connectivity index (χ3v) is 3.26. The fraction of sp³-hybridized carbons (Fsp3) is 0.647. The molecule has 1 aromatic rings. The Hall–Kier alpha value is -0.940. The van der Waals surface area contributed by atoms with Gasteiger partial charge in [-0.25, -0.2) is 0 Å². The number of rotatable bonds is 11. The molecule has 3 N–H and O–H groups in total. The largest absolute Gasteiger partial charge is 0.392 e. The first-order valence-electron chi connectivity index (χ1n) is 7.77. The Kier molecular flexibility index (Phi) is 9.26. The van der Waals surface area contributed by atoms with Crippen molar-refractivity contribution in [3.63, 3.8) is 0 Å². The molecule has 1 unspecified atom stereocenters. The van der Waals surface area contributed by atoms with Crippen molar-refractivity contribution in [1.29, 1.82) is 0 Å². The predicted molar refractivity (Wildman–Crippen MR) is 85.0 cm³/mol. The van der Waals surface area contributed by atoms with Crippen molar-refractivity contribution in [2.75, 3.05) is 19.8 Å². The molecule has 0 aromatic heterocycles. The number of ether oxygens (including phenoxy) is 1. The topological polar surface area (TPSA) is 61.7 Å². The van der Waals surface area contributed by atoms with Gasteiger partial charge in [-0.3, -0.25) is 0 Å². The van der Waals surface area contributed by atoms with Crippen LogP contribution in [0.25, 0.3) is 0 Å². The average molecular weight is 295 g/mol. The molecular formula is C17H29NO3. The minimum atomic E-state index is -0.481. The van der Waals surface area contributed by atoms with Crippen LogP contribution in [0.3, 0.4) is 0 Å². The quantitative estimate of drug-likeness (QED) is 0.547. The molecule has 1 rings (SSSR count). The zero-order valence-corrected chi connectivity index (χ0v) is 13.2. The summed E-state index contributed by atoms with van der Waals surface area (Å²) in [7, 11) is 0. The summed E-state index contributed by atoms with van der Waals surface area (Å²) in [6, 6.07) is 7.78. The number of benzene rings is 1. The van der Waals surface area contributed by atoms with Crippen molar-refractivity contribution in [1.82, 2.24) is 5.32 Å². The molecule has 0 spiro atoms. The highest BCUT2D eigenvalue weighted by molar-refractivity contribution is 5.22. The van der Waals surface area contributed by atoms with Crippen molar-refractivity contribution in [3.05, 3.63) is 35.4 Å². The van der Waals surface area contributed by atoms with Crippen LogP contribution < -0.4 is 5.32 Å². The van der Waals surface area contributed by atoms with Gasteiger partial charge in [0, 0.05) is 19.7 Å². The van der Waals surface area contributed by atoms with E-state index in [9.17, 15) is 5.11 Å². The van der Waals surface area contributed by atoms with Gasteiger partial charge >= 0.3 is 0 Å². The van der Waals surface area contributed by atoms with E-state index in [4.69, 9.17) is 9.84 Å². The third kappa shape index (κ3) is 8.83. The number of hydrogen-bond donors (Lipinski definition) is 3. The van der Waals surface area contributed by atoms with E-state index in [2.05, 4.69) is 19.2 Å². The van der Waals surface area contributed by atoms with Crippen molar-refractivity contribution >= 4 is 0 Å². The first kappa shape index (κ1) is 18.1. The van der Waals surface area contributed by atoms with E-state index in [1.54, 1.807) is 0 Å². The van der Waals surface area contributed by atoms with Crippen LogP contribution in [0, 0.1) is 5.92 Å². The smallest absolute Gasteiger partial charge is 0.0897 e. The summed E-state index contributed by atoms with van der Waals surface area (Å²) >= 11 is 0. The maximum absolute atomic E-state index is 9.81. The van der Waals surface area contributed by atoms with Crippen LogP contribution in [0.5, 0.6) is 0 Å². The second-order valence-corrected chi connectivity index (χ2v) is 5.87. The predicted octanol–water partition coefficient (Wildman–Crippen LogP) is 2.08. The highest BCUT2D eigenvalue weighted by Crippen LogP contribution is 2.05. The Morgan fingerprint density at radius 1 is 1.24 bits per heavy atom. The molecule has 0 amide bonds. The van der Waals surface area contributed by atoms with Crippen LogP contribution in [0.1, 0.15) is 37.8 Å². The monoisotopic (exact) mass is 295 g/mol. The SMILES string of the molecule is CC(C)CCCOCC(O)CNCc1cccc(CO)c1. The zero-order chi connectivity index (χ0) is 15.5. The number of aliphatic hydroxyl groups excluding tert-OH is 2. The summed E-state index contributed by atoms with van der Waals surface area (Å²) in [6.45, 7) is 6.73. The second kappa shape index (κ2) is 10.7. The summed E-state index contributed by atoms with van der Waals surface area (Å²) in [5.74, 6) is 0.704. The van der Waals surface area contributed by atoms with Crippen molar-refractivity contribution in [2.45, 2.75) is 45.9 Å². The normalized spacial score (nSPS) is 12.8. The molecule has 0 saturated carbocycles. The highest BCUT2D eigenvalue weighted by atomic mass is 16.5. The summed E-state index contributed by atoms with van der Waals surface area (Å²) in [5, 5.41) is 22.1. The Balaban J connectivity index is 2.08. The zero-order valence-electron chi connectivity index (χ0n) is 13.2. The number of nitrogens with one attached hydrogen (secondary N) is 1. The fourth-order valence-corrected chi connectivity index (χ4v) is 2.09.